The highest BCUT2D eigenvalue weighted by Crippen LogP contribution is 2.59. The van der Waals surface area contributed by atoms with Gasteiger partial charge in [-0.25, -0.2) is 0 Å². The molecule has 6 heteroatoms. The van der Waals surface area contributed by atoms with Crippen molar-refractivity contribution in [3.05, 3.63) is 159 Å². The third kappa shape index (κ3) is 10.5. The van der Waals surface area contributed by atoms with E-state index in [0.717, 1.165) is 44.5 Å². The smallest absolute Gasteiger partial charge is 0.183 e. The van der Waals surface area contributed by atoms with Crippen LogP contribution in [0.4, 0.5) is 0 Å². The first-order valence-electron chi connectivity index (χ1n) is 22.2. The van der Waals surface area contributed by atoms with E-state index in [1.807, 2.05) is 109 Å². The zero-order chi connectivity index (χ0) is 45.6. The minimum Gasteiger partial charge on any atom is -0.506 e. The summed E-state index contributed by atoms with van der Waals surface area (Å²) in [6, 6.07) is 21.0. The van der Waals surface area contributed by atoms with Crippen LogP contribution in [0, 0.1) is 41.9 Å². The number of aryl methyl sites for hydroxylation is 2. The lowest BCUT2D eigenvalue weighted by atomic mass is 9.48. The van der Waals surface area contributed by atoms with E-state index in [9.17, 15) is 10.2 Å². The van der Waals surface area contributed by atoms with Crippen molar-refractivity contribution in [3.8, 4) is 11.5 Å². The van der Waals surface area contributed by atoms with Crippen molar-refractivity contribution in [2.45, 2.75) is 128 Å². The first kappa shape index (κ1) is 47.8. The molecular formula is C56H70O6. The van der Waals surface area contributed by atoms with E-state index in [0.29, 0.717) is 30.8 Å². The van der Waals surface area contributed by atoms with Crippen molar-refractivity contribution >= 4 is 17.3 Å². The molecule has 62 heavy (non-hydrogen) atoms. The summed E-state index contributed by atoms with van der Waals surface area (Å²) in [5, 5.41) is 25.8. The monoisotopic (exact) mass is 839 g/mol. The molecule has 0 heterocycles. The second kappa shape index (κ2) is 19.9. The molecule has 6 nitrogen and oxygen atoms in total. The molecule has 5 rings (SSSR count). The SMILES string of the molecule is C=C(C)C(CC=C(C)C)CC12CC(CC=C(C)C)C(C)(C)C=CC(CC=C(C)C)(C(=O)C(=C(O)c3ccc(OCc4ccccc4C)c(OCc4ccccc4C)c3)C1=O)C2O. The van der Waals surface area contributed by atoms with Crippen molar-refractivity contribution in [1.29, 1.82) is 0 Å². The van der Waals surface area contributed by atoms with Gasteiger partial charge in [0.15, 0.2) is 23.1 Å². The van der Waals surface area contributed by atoms with Crippen molar-refractivity contribution in [3.63, 3.8) is 0 Å². The summed E-state index contributed by atoms with van der Waals surface area (Å²) >= 11 is 0. The summed E-state index contributed by atoms with van der Waals surface area (Å²) in [7, 11) is 0. The van der Waals surface area contributed by atoms with Gasteiger partial charge in [-0.1, -0.05) is 122 Å². The minimum atomic E-state index is -1.54. The summed E-state index contributed by atoms with van der Waals surface area (Å²) in [4.78, 5) is 31.3. The number of Topliss-reactive ketones (excluding diaryl/α,β-unsaturated/α-hetero) is 2. The standard InChI is InChI=1S/C56H70O6/c1-36(2)21-23-43(39(7)8)32-56-33-46(25-22-37(3)4)54(11,12)29-30-55(53(56)60,28-27-38(5)6)51(58)49(52(56)59)50(57)42-24-26-47(61-34-44-19-15-13-17-40(44)9)48(31-42)62-35-45-20-16-14-18-41(45)10/h13-22,24,26-27,29-31,43,46,53,57,60H,7,23,25,28,32-35H2,1-6,8-12H3. The topological polar surface area (TPSA) is 93.1 Å². The van der Waals surface area contributed by atoms with Gasteiger partial charge in [-0.2, -0.15) is 0 Å². The Morgan fingerprint density at radius 1 is 0.774 bits per heavy atom. The number of benzene rings is 3. The Balaban J connectivity index is 1.77. The first-order chi connectivity index (χ1) is 29.2. The van der Waals surface area contributed by atoms with Crippen molar-refractivity contribution in [2.75, 3.05) is 0 Å². The van der Waals surface area contributed by atoms with Crippen LogP contribution in [0.1, 0.15) is 122 Å². The molecule has 2 aliphatic rings. The van der Waals surface area contributed by atoms with E-state index in [4.69, 9.17) is 9.47 Å². The number of allylic oxidation sites excluding steroid dienone is 9. The summed E-state index contributed by atoms with van der Waals surface area (Å²) in [5.41, 5.74) is 4.88. The number of rotatable bonds is 16. The van der Waals surface area contributed by atoms with Gasteiger partial charge in [0.05, 0.1) is 16.9 Å². The molecule has 2 N–H and O–H groups in total. The number of fused-ring (bicyclic) bond motifs is 2. The molecule has 2 aliphatic carbocycles. The molecule has 0 saturated heterocycles. The van der Waals surface area contributed by atoms with Crippen molar-refractivity contribution < 1.29 is 29.3 Å². The number of carbonyl (C=O) groups excluding carboxylic acids is 2. The van der Waals surface area contributed by atoms with Gasteiger partial charge < -0.3 is 19.7 Å². The van der Waals surface area contributed by atoms with Crippen LogP contribution in [-0.4, -0.2) is 27.9 Å². The van der Waals surface area contributed by atoms with E-state index in [1.54, 1.807) is 18.2 Å². The third-order valence-corrected chi connectivity index (χ3v) is 13.3. The van der Waals surface area contributed by atoms with Gasteiger partial charge in [0.1, 0.15) is 24.5 Å². The quantitative estimate of drug-likeness (QED) is 0.0646. The molecule has 3 aromatic carbocycles. The fourth-order valence-corrected chi connectivity index (χ4v) is 8.98. The van der Waals surface area contributed by atoms with Gasteiger partial charge in [-0.3, -0.25) is 9.59 Å². The van der Waals surface area contributed by atoms with Crippen molar-refractivity contribution in [2.24, 2.45) is 28.1 Å². The maximum atomic E-state index is 15.9. The van der Waals surface area contributed by atoms with E-state index < -0.39 is 39.7 Å². The molecule has 330 valence electrons. The Morgan fingerprint density at radius 2 is 1.34 bits per heavy atom. The van der Waals surface area contributed by atoms with Crippen molar-refractivity contribution in [1.82, 2.24) is 0 Å². The molecule has 0 aromatic heterocycles. The Kier molecular flexibility index (Phi) is 15.3. The lowest BCUT2D eigenvalue weighted by Crippen LogP contribution is -2.63. The number of carbonyl (C=O) groups is 2. The minimum absolute atomic E-state index is 0.0781. The van der Waals surface area contributed by atoms with Crippen LogP contribution < -0.4 is 9.47 Å². The maximum Gasteiger partial charge on any atom is 0.183 e. The van der Waals surface area contributed by atoms with Gasteiger partial charge in [0, 0.05) is 5.56 Å². The molecule has 0 aliphatic heterocycles. The maximum absolute atomic E-state index is 15.9. The summed E-state index contributed by atoms with van der Waals surface area (Å²) in [6.45, 7) is 27.4. The third-order valence-electron chi connectivity index (χ3n) is 13.3. The van der Waals surface area contributed by atoms with E-state index >= 15 is 9.59 Å². The lowest BCUT2D eigenvalue weighted by Gasteiger charge is -2.54. The van der Waals surface area contributed by atoms with Gasteiger partial charge in [0.2, 0.25) is 0 Å². The number of ketones is 2. The van der Waals surface area contributed by atoms with Gasteiger partial charge in [-0.15, -0.1) is 0 Å². The number of ether oxygens (including phenoxy) is 2. The summed E-state index contributed by atoms with van der Waals surface area (Å²) < 4.78 is 12.9. The second-order valence-electron chi connectivity index (χ2n) is 19.4. The predicted octanol–water partition coefficient (Wildman–Crippen LogP) is 13.5. The van der Waals surface area contributed by atoms with Crippen LogP contribution in [-0.2, 0) is 22.8 Å². The number of hydrogen-bond donors (Lipinski definition) is 2. The van der Waals surface area contributed by atoms with Crippen LogP contribution in [0.5, 0.6) is 11.5 Å². The zero-order valence-electron chi connectivity index (χ0n) is 39.2. The highest BCUT2D eigenvalue weighted by atomic mass is 16.5. The molecule has 0 radical (unpaired) electrons. The number of aliphatic hydroxyl groups is 2. The Morgan fingerprint density at radius 3 is 1.89 bits per heavy atom. The largest absolute Gasteiger partial charge is 0.506 e. The second-order valence-corrected chi connectivity index (χ2v) is 19.4. The molecular weight excluding hydrogens is 769 g/mol. The average Bonchev–Trinajstić information content (AvgIpc) is 3.21. The molecule has 1 fully saturated rings. The molecule has 2 bridgehead atoms. The van der Waals surface area contributed by atoms with Crippen LogP contribution in [0.25, 0.3) is 5.76 Å². The molecule has 1 saturated carbocycles. The van der Waals surface area contributed by atoms with E-state index in [-0.39, 0.29) is 49.0 Å². The molecule has 0 spiro atoms. The van der Waals surface area contributed by atoms with Crippen LogP contribution in [0.2, 0.25) is 0 Å². The molecule has 0 amide bonds. The average molecular weight is 839 g/mol. The van der Waals surface area contributed by atoms with Gasteiger partial charge in [-0.05, 0) is 152 Å². The van der Waals surface area contributed by atoms with Crippen LogP contribution in [0.15, 0.2) is 132 Å². The van der Waals surface area contributed by atoms with Gasteiger partial charge in [0.25, 0.3) is 0 Å². The number of aliphatic hydroxyl groups excluding tert-OH is 2. The highest BCUT2D eigenvalue weighted by Gasteiger charge is 2.65. The normalized spacial score (nSPS) is 23.0. The van der Waals surface area contributed by atoms with Crippen LogP contribution in [0.3, 0.4) is 0 Å². The van der Waals surface area contributed by atoms with E-state index in [2.05, 4.69) is 52.5 Å². The highest BCUT2D eigenvalue weighted by molar-refractivity contribution is 6.30. The number of hydrogen-bond acceptors (Lipinski definition) is 6. The van der Waals surface area contributed by atoms with Gasteiger partial charge >= 0.3 is 0 Å². The van der Waals surface area contributed by atoms with Crippen LogP contribution >= 0.6 is 0 Å². The lowest BCUT2D eigenvalue weighted by molar-refractivity contribution is -0.160. The Labute approximate surface area is 371 Å². The molecule has 5 unspecified atom stereocenters. The zero-order valence-corrected chi connectivity index (χ0v) is 39.2. The predicted molar refractivity (Wildman–Crippen MR) is 254 cm³/mol. The fourth-order valence-electron chi connectivity index (χ4n) is 8.98. The van der Waals surface area contributed by atoms with E-state index in [1.165, 1.54) is 0 Å². The fraction of sp³-hybridized carbons (Fsp3) is 0.429. The molecule has 3 aromatic rings. The summed E-state index contributed by atoms with van der Waals surface area (Å²) in [5.74, 6) is -0.994. The summed E-state index contributed by atoms with van der Waals surface area (Å²) in [6.07, 6.45) is 10.9. The Bertz CT molecular complexity index is 2300. The molecule has 5 atom stereocenters. The first-order valence-corrected chi connectivity index (χ1v) is 22.2. The Hall–Kier alpha value is -5.20.